The molecular formula is C16H26N2O3S. The topological polar surface area (TPSA) is 57.7 Å². The SMILES string of the molecule is CCN(CC)C(=O)CCN(c1ccc(C)c(C)c1)S(C)(=O)=O. The van der Waals surface area contributed by atoms with Crippen molar-refractivity contribution >= 4 is 21.6 Å². The van der Waals surface area contributed by atoms with Crippen molar-refractivity contribution in [3.05, 3.63) is 29.3 Å². The average molecular weight is 326 g/mol. The lowest BCUT2D eigenvalue weighted by atomic mass is 10.1. The van der Waals surface area contributed by atoms with E-state index in [2.05, 4.69) is 0 Å². The Morgan fingerprint density at radius 1 is 1.09 bits per heavy atom. The number of carbonyl (C=O) groups is 1. The van der Waals surface area contributed by atoms with E-state index in [1.807, 2.05) is 39.8 Å². The second kappa shape index (κ2) is 7.63. The van der Waals surface area contributed by atoms with Crippen LogP contribution in [0.1, 0.15) is 31.4 Å². The molecule has 0 aliphatic carbocycles. The number of nitrogens with zero attached hydrogens (tertiary/aromatic N) is 2. The van der Waals surface area contributed by atoms with Crippen molar-refractivity contribution in [2.75, 3.05) is 30.2 Å². The zero-order valence-corrected chi connectivity index (χ0v) is 14.9. The molecular weight excluding hydrogens is 300 g/mol. The molecule has 1 aromatic rings. The molecule has 0 saturated carbocycles. The van der Waals surface area contributed by atoms with Crippen LogP contribution >= 0.6 is 0 Å². The van der Waals surface area contributed by atoms with Crippen LogP contribution in [0.4, 0.5) is 5.69 Å². The quantitative estimate of drug-likeness (QED) is 0.773. The van der Waals surface area contributed by atoms with E-state index in [0.717, 1.165) is 11.1 Å². The van der Waals surface area contributed by atoms with Gasteiger partial charge in [0.25, 0.3) is 0 Å². The highest BCUT2D eigenvalue weighted by Crippen LogP contribution is 2.21. The number of aryl methyl sites for hydroxylation is 2. The van der Waals surface area contributed by atoms with E-state index in [1.165, 1.54) is 10.6 Å². The molecule has 0 aliphatic heterocycles. The fraction of sp³-hybridized carbons (Fsp3) is 0.562. The highest BCUT2D eigenvalue weighted by Gasteiger charge is 2.20. The van der Waals surface area contributed by atoms with Gasteiger partial charge in [0.2, 0.25) is 15.9 Å². The molecule has 1 amide bonds. The summed E-state index contributed by atoms with van der Waals surface area (Å²) in [6.07, 6.45) is 1.35. The normalized spacial score (nSPS) is 11.3. The van der Waals surface area contributed by atoms with Crippen molar-refractivity contribution in [3.63, 3.8) is 0 Å². The molecule has 0 bridgehead atoms. The van der Waals surface area contributed by atoms with Crippen LogP contribution < -0.4 is 4.31 Å². The third kappa shape index (κ3) is 4.73. The second-order valence-corrected chi connectivity index (χ2v) is 7.33. The van der Waals surface area contributed by atoms with Crippen LogP contribution in [-0.2, 0) is 14.8 Å². The molecule has 22 heavy (non-hydrogen) atoms. The van der Waals surface area contributed by atoms with Crippen molar-refractivity contribution in [2.24, 2.45) is 0 Å². The molecule has 0 fully saturated rings. The van der Waals surface area contributed by atoms with Crippen molar-refractivity contribution in [3.8, 4) is 0 Å². The molecule has 1 aromatic carbocycles. The predicted octanol–water partition coefficient (Wildman–Crippen LogP) is 2.33. The summed E-state index contributed by atoms with van der Waals surface area (Å²) in [5, 5.41) is 0. The van der Waals surface area contributed by atoms with E-state index >= 15 is 0 Å². The van der Waals surface area contributed by atoms with Gasteiger partial charge in [-0.2, -0.15) is 0 Å². The first kappa shape index (κ1) is 18.5. The molecule has 0 aliphatic rings. The molecule has 0 aromatic heterocycles. The van der Waals surface area contributed by atoms with Gasteiger partial charge in [-0.25, -0.2) is 8.42 Å². The summed E-state index contributed by atoms with van der Waals surface area (Å²) in [6.45, 7) is 9.19. The molecule has 0 saturated heterocycles. The zero-order valence-electron chi connectivity index (χ0n) is 14.1. The molecule has 0 radical (unpaired) electrons. The Morgan fingerprint density at radius 2 is 1.68 bits per heavy atom. The summed E-state index contributed by atoms with van der Waals surface area (Å²) < 4.78 is 25.4. The fourth-order valence-electron chi connectivity index (χ4n) is 2.30. The van der Waals surface area contributed by atoms with Crippen molar-refractivity contribution in [2.45, 2.75) is 34.1 Å². The largest absolute Gasteiger partial charge is 0.343 e. The molecule has 0 N–H and O–H groups in total. The van der Waals surface area contributed by atoms with Crippen molar-refractivity contribution in [1.29, 1.82) is 0 Å². The van der Waals surface area contributed by atoms with Crippen LogP contribution in [0.15, 0.2) is 18.2 Å². The maximum absolute atomic E-state index is 12.1. The molecule has 0 spiro atoms. The van der Waals surface area contributed by atoms with Gasteiger partial charge < -0.3 is 4.90 Å². The zero-order chi connectivity index (χ0) is 16.9. The Morgan fingerprint density at radius 3 is 2.14 bits per heavy atom. The van der Waals surface area contributed by atoms with Gasteiger partial charge in [-0.3, -0.25) is 9.10 Å². The summed E-state index contributed by atoms with van der Waals surface area (Å²) >= 11 is 0. The third-order valence-electron chi connectivity index (χ3n) is 3.82. The summed E-state index contributed by atoms with van der Waals surface area (Å²) in [5.74, 6) is -0.0255. The minimum absolute atomic E-state index is 0.0255. The summed E-state index contributed by atoms with van der Waals surface area (Å²) in [5.41, 5.74) is 2.75. The van der Waals surface area contributed by atoms with Crippen molar-refractivity contribution < 1.29 is 13.2 Å². The molecule has 6 heteroatoms. The smallest absolute Gasteiger partial charge is 0.232 e. The van der Waals surface area contributed by atoms with E-state index < -0.39 is 10.0 Å². The van der Waals surface area contributed by atoms with E-state index in [0.29, 0.717) is 18.8 Å². The van der Waals surface area contributed by atoms with Gasteiger partial charge in [0.05, 0.1) is 11.9 Å². The second-order valence-electron chi connectivity index (χ2n) is 5.42. The highest BCUT2D eigenvalue weighted by molar-refractivity contribution is 7.92. The van der Waals surface area contributed by atoms with Crippen LogP contribution in [0.3, 0.4) is 0 Å². The summed E-state index contributed by atoms with van der Waals surface area (Å²) in [7, 11) is -3.42. The van der Waals surface area contributed by atoms with Gasteiger partial charge in [0, 0.05) is 26.1 Å². The molecule has 0 atom stereocenters. The minimum Gasteiger partial charge on any atom is -0.343 e. The van der Waals surface area contributed by atoms with E-state index in [-0.39, 0.29) is 18.9 Å². The number of hydrogen-bond donors (Lipinski definition) is 0. The van der Waals surface area contributed by atoms with Gasteiger partial charge >= 0.3 is 0 Å². The van der Waals surface area contributed by atoms with Gasteiger partial charge in [-0.15, -0.1) is 0 Å². The van der Waals surface area contributed by atoms with Gasteiger partial charge in [0.1, 0.15) is 0 Å². The van der Waals surface area contributed by atoms with E-state index in [4.69, 9.17) is 0 Å². The lowest BCUT2D eigenvalue weighted by molar-refractivity contribution is -0.130. The van der Waals surface area contributed by atoms with Crippen LogP contribution in [-0.4, -0.2) is 45.1 Å². The monoisotopic (exact) mass is 326 g/mol. The first-order chi connectivity index (χ1) is 10.2. The number of amides is 1. The summed E-state index contributed by atoms with van der Waals surface area (Å²) in [6, 6.07) is 5.53. The Kier molecular flexibility index (Phi) is 6.41. The Labute approximate surface area is 134 Å². The molecule has 124 valence electrons. The molecule has 0 heterocycles. The van der Waals surface area contributed by atoms with Crippen LogP contribution in [0.2, 0.25) is 0 Å². The maximum Gasteiger partial charge on any atom is 0.232 e. The first-order valence-corrected chi connectivity index (χ1v) is 9.38. The Bertz CT molecular complexity index is 622. The Hall–Kier alpha value is -1.56. The fourth-order valence-corrected chi connectivity index (χ4v) is 3.22. The number of anilines is 1. The number of sulfonamides is 1. The molecule has 5 nitrogen and oxygen atoms in total. The van der Waals surface area contributed by atoms with Crippen molar-refractivity contribution in [1.82, 2.24) is 4.90 Å². The number of hydrogen-bond acceptors (Lipinski definition) is 3. The minimum atomic E-state index is -3.42. The first-order valence-electron chi connectivity index (χ1n) is 7.53. The maximum atomic E-state index is 12.1. The standard InChI is InChI=1S/C16H26N2O3S/c1-6-17(7-2)16(19)10-11-18(22(5,20)21)15-9-8-13(3)14(4)12-15/h8-9,12H,6-7,10-11H2,1-5H3. The lowest BCUT2D eigenvalue weighted by Crippen LogP contribution is -2.36. The Balaban J connectivity index is 2.96. The highest BCUT2D eigenvalue weighted by atomic mass is 32.2. The van der Waals surface area contributed by atoms with Gasteiger partial charge in [-0.05, 0) is 51.0 Å². The number of carbonyl (C=O) groups excluding carboxylic acids is 1. The predicted molar refractivity (Wildman–Crippen MR) is 90.7 cm³/mol. The van der Waals surface area contributed by atoms with E-state index in [1.54, 1.807) is 11.0 Å². The third-order valence-corrected chi connectivity index (χ3v) is 5.02. The lowest BCUT2D eigenvalue weighted by Gasteiger charge is -2.25. The van der Waals surface area contributed by atoms with Gasteiger partial charge in [0.15, 0.2) is 0 Å². The van der Waals surface area contributed by atoms with Crippen LogP contribution in [0, 0.1) is 13.8 Å². The molecule has 0 unspecified atom stereocenters. The summed E-state index contributed by atoms with van der Waals surface area (Å²) in [4.78, 5) is 13.8. The van der Waals surface area contributed by atoms with Crippen LogP contribution in [0.25, 0.3) is 0 Å². The average Bonchev–Trinajstić information content (AvgIpc) is 2.42. The van der Waals surface area contributed by atoms with Crippen LogP contribution in [0.5, 0.6) is 0 Å². The van der Waals surface area contributed by atoms with Gasteiger partial charge in [-0.1, -0.05) is 6.07 Å². The number of benzene rings is 1. The molecule has 1 rings (SSSR count). The number of rotatable bonds is 7. The van der Waals surface area contributed by atoms with E-state index in [9.17, 15) is 13.2 Å².